The molecule has 23 heavy (non-hydrogen) atoms. The second-order valence-corrected chi connectivity index (χ2v) is 7.75. The molecule has 0 fully saturated rings. The van der Waals surface area contributed by atoms with E-state index in [9.17, 15) is 9.90 Å². The molecule has 0 aliphatic rings. The number of pyridine rings is 1. The van der Waals surface area contributed by atoms with Crippen LogP contribution in [0.3, 0.4) is 0 Å². The predicted octanol–water partition coefficient (Wildman–Crippen LogP) is 5.33. The first-order chi connectivity index (χ1) is 11.1. The Hall–Kier alpha value is -1.14. The Balaban J connectivity index is 1.82. The van der Waals surface area contributed by atoms with Gasteiger partial charge in [0.25, 0.3) is 5.56 Å². The number of aromatic nitrogens is 1. The molecule has 0 bridgehead atoms. The number of rotatable bonds is 5. The van der Waals surface area contributed by atoms with E-state index in [0.29, 0.717) is 25.8 Å². The summed E-state index contributed by atoms with van der Waals surface area (Å²) in [7, 11) is 0. The second-order valence-electron chi connectivity index (χ2n) is 5.03. The third kappa shape index (κ3) is 3.69. The van der Waals surface area contributed by atoms with E-state index in [4.69, 9.17) is 23.2 Å². The van der Waals surface area contributed by atoms with Gasteiger partial charge in [0.1, 0.15) is 10.6 Å². The fourth-order valence-electron chi connectivity index (χ4n) is 2.33. The molecule has 0 saturated carbocycles. The SMILES string of the molecule is O=c1[nH]c2cc(Cl)cc(Cl)c2c(O)c1SCCCc1ccsc1. The van der Waals surface area contributed by atoms with Crippen molar-refractivity contribution < 1.29 is 5.11 Å². The van der Waals surface area contributed by atoms with Gasteiger partial charge in [-0.05, 0) is 53.1 Å². The van der Waals surface area contributed by atoms with E-state index in [1.165, 1.54) is 17.3 Å². The molecule has 0 radical (unpaired) electrons. The summed E-state index contributed by atoms with van der Waals surface area (Å²) < 4.78 is 0. The van der Waals surface area contributed by atoms with Gasteiger partial charge in [-0.25, -0.2) is 0 Å². The lowest BCUT2D eigenvalue weighted by atomic mass is 10.2. The number of aromatic hydroxyl groups is 1. The fraction of sp³-hybridized carbons (Fsp3) is 0.188. The van der Waals surface area contributed by atoms with Gasteiger partial charge < -0.3 is 10.1 Å². The van der Waals surface area contributed by atoms with E-state index in [0.717, 1.165) is 18.6 Å². The second kappa shape index (κ2) is 7.18. The third-order valence-corrected chi connectivity index (χ3v) is 5.81. The Morgan fingerprint density at radius 2 is 2.13 bits per heavy atom. The molecule has 0 spiro atoms. The van der Waals surface area contributed by atoms with Crippen LogP contribution < -0.4 is 5.56 Å². The van der Waals surface area contributed by atoms with Crippen LogP contribution in [0.4, 0.5) is 0 Å². The number of hydrogen-bond donors (Lipinski definition) is 2. The minimum atomic E-state index is -0.325. The van der Waals surface area contributed by atoms with Crippen molar-refractivity contribution in [3.05, 3.63) is 54.9 Å². The smallest absolute Gasteiger partial charge is 0.265 e. The van der Waals surface area contributed by atoms with Crippen molar-refractivity contribution in [2.45, 2.75) is 17.7 Å². The predicted molar refractivity (Wildman–Crippen MR) is 99.6 cm³/mol. The standard InChI is InChI=1S/C16H13Cl2NO2S2/c17-10-6-11(18)13-12(7-10)19-16(21)15(14(13)20)23-4-1-2-9-3-5-22-8-9/h3,5-8H,1-2,4H2,(H2,19,20,21). The first-order valence-corrected chi connectivity index (χ1v) is 9.62. The summed E-state index contributed by atoms with van der Waals surface area (Å²) in [6.07, 6.45) is 1.88. The number of aryl methyl sites for hydroxylation is 1. The molecule has 0 aliphatic carbocycles. The number of fused-ring (bicyclic) bond motifs is 1. The van der Waals surface area contributed by atoms with Crippen LogP contribution in [-0.4, -0.2) is 15.8 Å². The van der Waals surface area contributed by atoms with Crippen molar-refractivity contribution in [2.24, 2.45) is 0 Å². The molecule has 0 unspecified atom stereocenters. The van der Waals surface area contributed by atoms with Crippen LogP contribution in [0, 0.1) is 0 Å². The van der Waals surface area contributed by atoms with Crippen LogP contribution in [0.2, 0.25) is 10.0 Å². The molecular weight excluding hydrogens is 373 g/mol. The zero-order valence-electron chi connectivity index (χ0n) is 11.9. The fourth-order valence-corrected chi connectivity index (χ4v) is 4.53. The van der Waals surface area contributed by atoms with Crippen molar-refractivity contribution >= 4 is 57.2 Å². The minimum Gasteiger partial charge on any atom is -0.506 e. The number of thiophene rings is 1. The van der Waals surface area contributed by atoms with E-state index < -0.39 is 0 Å². The molecule has 2 heterocycles. The molecule has 3 nitrogen and oxygen atoms in total. The molecule has 3 rings (SSSR count). The van der Waals surface area contributed by atoms with Crippen molar-refractivity contribution in [3.8, 4) is 5.75 Å². The van der Waals surface area contributed by atoms with E-state index in [2.05, 4.69) is 21.8 Å². The molecule has 2 aromatic heterocycles. The van der Waals surface area contributed by atoms with E-state index in [1.54, 1.807) is 23.5 Å². The number of aromatic amines is 1. The summed E-state index contributed by atoms with van der Waals surface area (Å²) in [6.45, 7) is 0. The van der Waals surface area contributed by atoms with Gasteiger partial charge in [-0.2, -0.15) is 11.3 Å². The highest BCUT2D eigenvalue weighted by Gasteiger charge is 2.15. The van der Waals surface area contributed by atoms with Gasteiger partial charge in [-0.1, -0.05) is 23.2 Å². The lowest BCUT2D eigenvalue weighted by Gasteiger charge is -2.09. The lowest BCUT2D eigenvalue weighted by molar-refractivity contribution is 0.467. The number of benzene rings is 1. The average molecular weight is 386 g/mol. The van der Waals surface area contributed by atoms with Crippen LogP contribution in [0.25, 0.3) is 10.9 Å². The molecule has 7 heteroatoms. The van der Waals surface area contributed by atoms with Crippen molar-refractivity contribution in [1.29, 1.82) is 0 Å². The number of nitrogens with one attached hydrogen (secondary N) is 1. The van der Waals surface area contributed by atoms with Gasteiger partial charge in [0, 0.05) is 5.02 Å². The summed E-state index contributed by atoms with van der Waals surface area (Å²) in [6, 6.07) is 5.22. The van der Waals surface area contributed by atoms with Crippen LogP contribution in [0.1, 0.15) is 12.0 Å². The van der Waals surface area contributed by atoms with Crippen LogP contribution in [-0.2, 0) is 6.42 Å². The Bertz CT molecular complexity index is 891. The maximum Gasteiger partial charge on any atom is 0.265 e. The molecule has 0 amide bonds. The third-order valence-electron chi connectivity index (χ3n) is 3.40. The van der Waals surface area contributed by atoms with Gasteiger partial charge in [0.05, 0.1) is 15.9 Å². The maximum atomic E-state index is 12.2. The topological polar surface area (TPSA) is 53.1 Å². The lowest BCUT2D eigenvalue weighted by Crippen LogP contribution is -2.09. The van der Waals surface area contributed by atoms with Gasteiger partial charge in [0.15, 0.2) is 0 Å². The van der Waals surface area contributed by atoms with E-state index in [1.807, 2.05) is 0 Å². The monoisotopic (exact) mass is 385 g/mol. The van der Waals surface area contributed by atoms with E-state index >= 15 is 0 Å². The molecular formula is C16H13Cl2NO2S2. The molecule has 0 aliphatic heterocycles. The molecule has 2 N–H and O–H groups in total. The highest BCUT2D eigenvalue weighted by atomic mass is 35.5. The Kier molecular flexibility index (Phi) is 5.21. The number of hydrogen-bond acceptors (Lipinski definition) is 4. The highest BCUT2D eigenvalue weighted by molar-refractivity contribution is 7.99. The van der Waals surface area contributed by atoms with Crippen molar-refractivity contribution in [1.82, 2.24) is 4.98 Å². The number of H-pyrrole nitrogens is 1. The van der Waals surface area contributed by atoms with Gasteiger partial charge in [-0.15, -0.1) is 11.8 Å². The quantitative estimate of drug-likeness (QED) is 0.461. The summed E-state index contributed by atoms with van der Waals surface area (Å²) >= 11 is 15.1. The van der Waals surface area contributed by atoms with Crippen LogP contribution in [0.15, 0.2) is 38.6 Å². The summed E-state index contributed by atoms with van der Waals surface area (Å²) in [5.74, 6) is 0.661. The highest BCUT2D eigenvalue weighted by Crippen LogP contribution is 2.37. The Morgan fingerprint density at radius 1 is 1.30 bits per heavy atom. The first kappa shape index (κ1) is 16.7. The molecule has 120 valence electrons. The van der Waals surface area contributed by atoms with E-state index in [-0.39, 0.29) is 11.3 Å². The minimum absolute atomic E-state index is 0.0778. The Labute approximate surface area is 151 Å². The van der Waals surface area contributed by atoms with Crippen LogP contribution in [0.5, 0.6) is 5.75 Å². The van der Waals surface area contributed by atoms with Crippen LogP contribution >= 0.6 is 46.3 Å². The molecule has 0 atom stereocenters. The molecule has 1 aromatic carbocycles. The largest absolute Gasteiger partial charge is 0.506 e. The van der Waals surface area contributed by atoms with Gasteiger partial charge in [-0.3, -0.25) is 4.79 Å². The van der Waals surface area contributed by atoms with Crippen molar-refractivity contribution in [3.63, 3.8) is 0 Å². The molecule has 3 aromatic rings. The zero-order chi connectivity index (χ0) is 16.4. The average Bonchev–Trinajstić information content (AvgIpc) is 2.98. The summed E-state index contributed by atoms with van der Waals surface area (Å²) in [5.41, 5.74) is 1.41. The molecule has 0 saturated heterocycles. The van der Waals surface area contributed by atoms with Crippen molar-refractivity contribution in [2.75, 3.05) is 5.75 Å². The number of thioether (sulfide) groups is 1. The van der Waals surface area contributed by atoms with Gasteiger partial charge >= 0.3 is 0 Å². The first-order valence-electron chi connectivity index (χ1n) is 6.94. The Morgan fingerprint density at radius 3 is 2.87 bits per heavy atom. The maximum absolute atomic E-state index is 12.2. The zero-order valence-corrected chi connectivity index (χ0v) is 15.1. The van der Waals surface area contributed by atoms with Gasteiger partial charge in [0.2, 0.25) is 0 Å². The number of halogens is 2. The summed E-state index contributed by atoms with van der Waals surface area (Å²) in [4.78, 5) is 15.2. The normalized spacial score (nSPS) is 11.2. The summed E-state index contributed by atoms with van der Waals surface area (Å²) in [5, 5.41) is 15.7.